The van der Waals surface area contributed by atoms with E-state index in [0.717, 1.165) is 5.56 Å². The minimum absolute atomic E-state index is 0.201. The fourth-order valence-corrected chi connectivity index (χ4v) is 2.17. The van der Waals surface area contributed by atoms with E-state index in [1.165, 1.54) is 0 Å². The highest BCUT2D eigenvalue weighted by Crippen LogP contribution is 2.18. The molecule has 1 N–H and O–H groups in total. The molecule has 8 nitrogen and oxygen atoms in total. The Bertz CT molecular complexity index is 841. The van der Waals surface area contributed by atoms with Gasteiger partial charge in [-0.1, -0.05) is 12.1 Å². The lowest BCUT2D eigenvalue weighted by Gasteiger charge is -2.07. The van der Waals surface area contributed by atoms with Crippen molar-refractivity contribution >= 4 is 5.91 Å². The van der Waals surface area contributed by atoms with Gasteiger partial charge in [0.25, 0.3) is 5.91 Å². The van der Waals surface area contributed by atoms with Crippen LogP contribution in [0, 0.1) is 6.92 Å². The van der Waals surface area contributed by atoms with Crippen molar-refractivity contribution in [2.75, 3.05) is 0 Å². The number of aromatic nitrogens is 4. The van der Waals surface area contributed by atoms with Gasteiger partial charge in [0.05, 0.1) is 5.69 Å². The lowest BCUT2D eigenvalue weighted by Crippen LogP contribution is -2.27. The van der Waals surface area contributed by atoms with E-state index in [9.17, 15) is 4.79 Å². The zero-order valence-corrected chi connectivity index (χ0v) is 13.6. The number of pyridine rings is 1. The third kappa shape index (κ3) is 3.17. The van der Waals surface area contributed by atoms with Gasteiger partial charge in [0.1, 0.15) is 6.04 Å². The molecule has 0 radical (unpaired) electrons. The molecule has 0 bridgehead atoms. The molecule has 3 heterocycles. The molecule has 0 aliphatic carbocycles. The van der Waals surface area contributed by atoms with Crippen molar-refractivity contribution in [1.29, 1.82) is 0 Å². The summed E-state index contributed by atoms with van der Waals surface area (Å²) < 4.78 is 10.7. The van der Waals surface area contributed by atoms with Crippen LogP contribution in [0.2, 0.25) is 0 Å². The Hall–Kier alpha value is -3.03. The second-order valence-corrected chi connectivity index (χ2v) is 5.26. The first-order chi connectivity index (χ1) is 11.6. The molecular formula is C16H17N5O3. The minimum atomic E-state index is -0.463. The Labute approximate surface area is 138 Å². The summed E-state index contributed by atoms with van der Waals surface area (Å²) in [6, 6.07) is 3.10. The van der Waals surface area contributed by atoms with E-state index in [1.54, 1.807) is 38.4 Å². The van der Waals surface area contributed by atoms with Gasteiger partial charge in [-0.15, -0.1) is 0 Å². The molecule has 1 atom stereocenters. The van der Waals surface area contributed by atoms with Gasteiger partial charge in [0, 0.05) is 24.4 Å². The van der Waals surface area contributed by atoms with Gasteiger partial charge in [0.2, 0.25) is 17.5 Å². The fraction of sp³-hybridized carbons (Fsp3) is 0.312. The zero-order valence-electron chi connectivity index (χ0n) is 13.6. The van der Waals surface area contributed by atoms with Gasteiger partial charge < -0.3 is 14.3 Å². The molecule has 8 heteroatoms. The van der Waals surface area contributed by atoms with Crippen LogP contribution < -0.4 is 5.32 Å². The Morgan fingerprint density at radius 3 is 2.71 bits per heavy atom. The first kappa shape index (κ1) is 15.9. The van der Waals surface area contributed by atoms with E-state index in [1.807, 2.05) is 6.92 Å². The second-order valence-electron chi connectivity index (χ2n) is 5.26. The summed E-state index contributed by atoms with van der Waals surface area (Å²) in [6.07, 6.45) is 3.92. The lowest BCUT2D eigenvalue weighted by atomic mass is 10.2. The highest BCUT2D eigenvalue weighted by molar-refractivity contribution is 5.92. The highest BCUT2D eigenvalue weighted by Gasteiger charge is 2.22. The molecule has 3 aromatic rings. The molecule has 24 heavy (non-hydrogen) atoms. The van der Waals surface area contributed by atoms with E-state index in [2.05, 4.69) is 25.4 Å². The zero-order chi connectivity index (χ0) is 17.1. The van der Waals surface area contributed by atoms with Crippen molar-refractivity contribution in [1.82, 2.24) is 25.4 Å². The van der Waals surface area contributed by atoms with Crippen LogP contribution in [0.1, 0.15) is 47.9 Å². The van der Waals surface area contributed by atoms with Crippen molar-refractivity contribution in [2.24, 2.45) is 0 Å². The van der Waals surface area contributed by atoms with Crippen molar-refractivity contribution < 1.29 is 13.7 Å². The SMILES string of the molecule is CCc1nc(C)c(C(=O)N[C@H](C)c2nc(-c3ccncc3)no2)o1. The first-order valence-corrected chi connectivity index (χ1v) is 7.59. The van der Waals surface area contributed by atoms with Gasteiger partial charge in [-0.05, 0) is 26.0 Å². The molecule has 0 unspecified atom stereocenters. The Balaban J connectivity index is 1.73. The number of amides is 1. The first-order valence-electron chi connectivity index (χ1n) is 7.59. The number of rotatable bonds is 5. The van der Waals surface area contributed by atoms with Crippen LogP contribution in [0.4, 0.5) is 0 Å². The Kier molecular flexibility index (Phi) is 4.37. The number of aryl methyl sites for hydroxylation is 2. The number of carbonyl (C=O) groups is 1. The van der Waals surface area contributed by atoms with Gasteiger partial charge >= 0.3 is 0 Å². The van der Waals surface area contributed by atoms with Crippen LogP contribution in [0.3, 0.4) is 0 Å². The number of nitrogens with zero attached hydrogens (tertiary/aromatic N) is 4. The molecule has 0 aromatic carbocycles. The third-order valence-corrected chi connectivity index (χ3v) is 3.45. The maximum Gasteiger partial charge on any atom is 0.289 e. The van der Waals surface area contributed by atoms with E-state index in [-0.39, 0.29) is 11.7 Å². The van der Waals surface area contributed by atoms with E-state index >= 15 is 0 Å². The monoisotopic (exact) mass is 327 g/mol. The number of carbonyl (C=O) groups excluding carboxylic acids is 1. The van der Waals surface area contributed by atoms with Crippen molar-refractivity contribution in [2.45, 2.75) is 33.2 Å². The van der Waals surface area contributed by atoms with Gasteiger partial charge in [-0.25, -0.2) is 4.98 Å². The largest absolute Gasteiger partial charge is 0.435 e. The topological polar surface area (TPSA) is 107 Å². The quantitative estimate of drug-likeness (QED) is 0.767. The van der Waals surface area contributed by atoms with Gasteiger partial charge in [0.15, 0.2) is 5.89 Å². The summed E-state index contributed by atoms with van der Waals surface area (Å²) in [5, 5.41) is 6.70. The fourth-order valence-electron chi connectivity index (χ4n) is 2.17. The number of oxazole rings is 1. The van der Waals surface area contributed by atoms with Crippen LogP contribution in [0.25, 0.3) is 11.4 Å². The van der Waals surface area contributed by atoms with E-state index in [4.69, 9.17) is 8.94 Å². The summed E-state index contributed by atoms with van der Waals surface area (Å²) in [7, 11) is 0. The van der Waals surface area contributed by atoms with Crippen LogP contribution in [0.15, 0.2) is 33.5 Å². The van der Waals surface area contributed by atoms with Crippen LogP contribution in [-0.4, -0.2) is 26.0 Å². The predicted molar refractivity (Wildman–Crippen MR) is 84.0 cm³/mol. The highest BCUT2D eigenvalue weighted by atomic mass is 16.5. The summed E-state index contributed by atoms with van der Waals surface area (Å²) in [6.45, 7) is 5.40. The number of nitrogens with one attached hydrogen (secondary N) is 1. The molecular weight excluding hydrogens is 310 g/mol. The standard InChI is InChI=1S/C16H17N5O3/c1-4-12-18-9(2)13(23-12)15(22)19-10(3)16-20-14(21-24-16)11-5-7-17-8-6-11/h5-8,10H,4H2,1-3H3,(H,19,22)/t10-/m1/s1. The average molecular weight is 327 g/mol. The molecule has 3 rings (SSSR count). The molecule has 0 fully saturated rings. The van der Waals surface area contributed by atoms with E-state index < -0.39 is 6.04 Å². The Morgan fingerprint density at radius 1 is 1.29 bits per heavy atom. The summed E-state index contributed by atoms with van der Waals surface area (Å²) in [5.74, 6) is 1.12. The summed E-state index contributed by atoms with van der Waals surface area (Å²) in [4.78, 5) is 24.7. The molecule has 0 aliphatic rings. The number of hydrogen-bond acceptors (Lipinski definition) is 7. The summed E-state index contributed by atoms with van der Waals surface area (Å²) in [5.41, 5.74) is 1.34. The smallest absolute Gasteiger partial charge is 0.289 e. The summed E-state index contributed by atoms with van der Waals surface area (Å²) >= 11 is 0. The number of hydrogen-bond donors (Lipinski definition) is 1. The third-order valence-electron chi connectivity index (χ3n) is 3.45. The Morgan fingerprint density at radius 2 is 2.04 bits per heavy atom. The maximum absolute atomic E-state index is 12.3. The van der Waals surface area contributed by atoms with E-state index in [0.29, 0.717) is 29.7 Å². The van der Waals surface area contributed by atoms with Gasteiger partial charge in [-0.3, -0.25) is 9.78 Å². The molecule has 0 saturated heterocycles. The maximum atomic E-state index is 12.3. The molecule has 1 amide bonds. The van der Waals surface area contributed by atoms with Crippen molar-refractivity contribution in [3.63, 3.8) is 0 Å². The molecule has 0 aliphatic heterocycles. The van der Waals surface area contributed by atoms with Crippen molar-refractivity contribution in [3.05, 3.63) is 47.8 Å². The second kappa shape index (κ2) is 6.61. The minimum Gasteiger partial charge on any atom is -0.435 e. The van der Waals surface area contributed by atoms with Crippen molar-refractivity contribution in [3.8, 4) is 11.4 Å². The molecule has 3 aromatic heterocycles. The predicted octanol–water partition coefficient (Wildman–Crippen LogP) is 2.48. The molecule has 124 valence electrons. The normalized spacial score (nSPS) is 12.1. The lowest BCUT2D eigenvalue weighted by molar-refractivity contribution is 0.0902. The van der Waals surface area contributed by atoms with Gasteiger partial charge in [-0.2, -0.15) is 4.98 Å². The average Bonchev–Trinajstić information content (AvgIpc) is 3.22. The molecule has 0 spiro atoms. The van der Waals surface area contributed by atoms with Crippen LogP contribution in [0.5, 0.6) is 0 Å². The molecule has 0 saturated carbocycles. The van der Waals surface area contributed by atoms with Crippen LogP contribution >= 0.6 is 0 Å². The van der Waals surface area contributed by atoms with Crippen LogP contribution in [-0.2, 0) is 6.42 Å².